The standard InChI is InChI=1S/C14H16N4O2/c1-10-8-12(14(19)20-10)16-13-5-7-18(17-13)9-11-4-2-3-6-15-11/h2-7,10,12H,8-9H2,1H3,(H,16,17)/t10-,12-/m0/s1. The topological polar surface area (TPSA) is 69.0 Å². The third kappa shape index (κ3) is 2.79. The number of hydrogen-bond acceptors (Lipinski definition) is 5. The Morgan fingerprint density at radius 1 is 1.45 bits per heavy atom. The van der Waals surface area contributed by atoms with Crippen molar-refractivity contribution in [2.24, 2.45) is 0 Å². The van der Waals surface area contributed by atoms with Crippen molar-refractivity contribution in [3.63, 3.8) is 0 Å². The zero-order valence-corrected chi connectivity index (χ0v) is 11.2. The number of nitrogens with one attached hydrogen (secondary N) is 1. The average molecular weight is 272 g/mol. The van der Waals surface area contributed by atoms with Gasteiger partial charge in [-0.25, -0.2) is 4.79 Å². The predicted molar refractivity (Wildman–Crippen MR) is 73.1 cm³/mol. The van der Waals surface area contributed by atoms with Crippen molar-refractivity contribution in [3.05, 3.63) is 42.4 Å². The van der Waals surface area contributed by atoms with Gasteiger partial charge in [-0.15, -0.1) is 0 Å². The molecule has 0 aliphatic carbocycles. The number of carbonyl (C=O) groups excluding carboxylic acids is 1. The molecule has 2 aromatic heterocycles. The quantitative estimate of drug-likeness (QED) is 0.853. The van der Waals surface area contributed by atoms with Gasteiger partial charge in [0.1, 0.15) is 18.0 Å². The van der Waals surface area contributed by atoms with Crippen LogP contribution in [0.15, 0.2) is 36.7 Å². The first kappa shape index (κ1) is 12.7. The molecule has 20 heavy (non-hydrogen) atoms. The maximum atomic E-state index is 11.6. The van der Waals surface area contributed by atoms with E-state index in [1.165, 1.54) is 0 Å². The summed E-state index contributed by atoms with van der Waals surface area (Å²) in [6.45, 7) is 2.49. The van der Waals surface area contributed by atoms with Crippen LogP contribution in [-0.2, 0) is 16.1 Å². The lowest BCUT2D eigenvalue weighted by atomic mass is 10.2. The normalized spacial score (nSPS) is 21.8. The van der Waals surface area contributed by atoms with Crippen molar-refractivity contribution in [2.45, 2.75) is 32.0 Å². The molecule has 0 amide bonds. The molecule has 104 valence electrons. The van der Waals surface area contributed by atoms with Crippen LogP contribution in [0.5, 0.6) is 0 Å². The number of hydrogen-bond donors (Lipinski definition) is 1. The summed E-state index contributed by atoms with van der Waals surface area (Å²) >= 11 is 0. The predicted octanol–water partition coefficient (Wildman–Crippen LogP) is 1.44. The highest BCUT2D eigenvalue weighted by molar-refractivity contribution is 5.80. The largest absolute Gasteiger partial charge is 0.461 e. The van der Waals surface area contributed by atoms with Gasteiger partial charge in [0, 0.05) is 24.9 Å². The number of cyclic esters (lactones) is 1. The lowest BCUT2D eigenvalue weighted by molar-refractivity contribution is -0.141. The van der Waals surface area contributed by atoms with E-state index >= 15 is 0 Å². The molecule has 0 radical (unpaired) electrons. The molecule has 2 aromatic rings. The number of pyridine rings is 1. The van der Waals surface area contributed by atoms with Gasteiger partial charge in [0.05, 0.1) is 12.2 Å². The summed E-state index contributed by atoms with van der Waals surface area (Å²) in [6.07, 6.45) is 4.26. The van der Waals surface area contributed by atoms with Crippen LogP contribution in [0.4, 0.5) is 5.82 Å². The summed E-state index contributed by atoms with van der Waals surface area (Å²) in [4.78, 5) is 15.8. The van der Waals surface area contributed by atoms with Crippen LogP contribution in [0.25, 0.3) is 0 Å². The zero-order valence-electron chi connectivity index (χ0n) is 11.2. The van der Waals surface area contributed by atoms with E-state index in [1.54, 1.807) is 10.9 Å². The summed E-state index contributed by atoms with van der Waals surface area (Å²) in [5.41, 5.74) is 0.941. The summed E-state index contributed by atoms with van der Waals surface area (Å²) in [6, 6.07) is 7.32. The van der Waals surface area contributed by atoms with Crippen LogP contribution in [0.2, 0.25) is 0 Å². The Labute approximate surface area is 116 Å². The maximum Gasteiger partial charge on any atom is 0.329 e. The number of rotatable bonds is 4. The fraction of sp³-hybridized carbons (Fsp3) is 0.357. The summed E-state index contributed by atoms with van der Waals surface area (Å²) in [7, 11) is 0. The number of aromatic nitrogens is 3. The lowest BCUT2D eigenvalue weighted by Crippen LogP contribution is -2.24. The second kappa shape index (κ2) is 5.32. The van der Waals surface area contributed by atoms with E-state index in [1.807, 2.05) is 37.4 Å². The molecule has 0 aromatic carbocycles. The van der Waals surface area contributed by atoms with Gasteiger partial charge in [0.25, 0.3) is 0 Å². The molecule has 1 aliphatic heterocycles. The molecular weight excluding hydrogens is 256 g/mol. The van der Waals surface area contributed by atoms with Crippen molar-refractivity contribution in [3.8, 4) is 0 Å². The van der Waals surface area contributed by atoms with Crippen molar-refractivity contribution in [1.29, 1.82) is 0 Å². The van der Waals surface area contributed by atoms with Gasteiger partial charge in [-0.1, -0.05) is 6.07 Å². The van der Waals surface area contributed by atoms with Crippen molar-refractivity contribution >= 4 is 11.8 Å². The molecule has 1 aliphatic rings. The Hall–Kier alpha value is -2.37. The molecule has 6 heteroatoms. The minimum absolute atomic E-state index is 0.0318. The van der Waals surface area contributed by atoms with Crippen LogP contribution in [0.1, 0.15) is 19.0 Å². The van der Waals surface area contributed by atoms with E-state index in [2.05, 4.69) is 15.4 Å². The number of esters is 1. The molecule has 0 saturated carbocycles. The van der Waals surface area contributed by atoms with Gasteiger partial charge in [-0.05, 0) is 19.1 Å². The average Bonchev–Trinajstić information content (AvgIpc) is 2.98. The first-order valence-electron chi connectivity index (χ1n) is 6.61. The molecule has 0 spiro atoms. The first-order chi connectivity index (χ1) is 9.70. The van der Waals surface area contributed by atoms with Gasteiger partial charge in [-0.2, -0.15) is 5.10 Å². The van der Waals surface area contributed by atoms with Crippen LogP contribution < -0.4 is 5.32 Å². The highest BCUT2D eigenvalue weighted by atomic mass is 16.6. The molecule has 3 heterocycles. The van der Waals surface area contributed by atoms with E-state index in [9.17, 15) is 4.79 Å². The molecule has 0 bridgehead atoms. The SMILES string of the molecule is C[C@H]1C[C@H](Nc2ccn(Cc3ccccn3)n2)C(=O)O1. The third-order valence-electron chi connectivity index (χ3n) is 3.18. The molecule has 2 atom stereocenters. The van der Waals surface area contributed by atoms with Crippen LogP contribution in [-0.4, -0.2) is 32.9 Å². The summed E-state index contributed by atoms with van der Waals surface area (Å²) < 4.78 is 6.89. The van der Waals surface area contributed by atoms with Crippen LogP contribution in [0.3, 0.4) is 0 Å². The highest BCUT2D eigenvalue weighted by Crippen LogP contribution is 2.18. The Bertz CT molecular complexity index is 596. The molecule has 6 nitrogen and oxygen atoms in total. The van der Waals surface area contributed by atoms with E-state index in [0.717, 1.165) is 5.69 Å². The van der Waals surface area contributed by atoms with Crippen LogP contribution >= 0.6 is 0 Å². The Morgan fingerprint density at radius 2 is 2.35 bits per heavy atom. The fourth-order valence-corrected chi connectivity index (χ4v) is 2.24. The van der Waals surface area contributed by atoms with Crippen molar-refractivity contribution in [1.82, 2.24) is 14.8 Å². The van der Waals surface area contributed by atoms with Gasteiger partial charge in [0.2, 0.25) is 0 Å². The maximum absolute atomic E-state index is 11.6. The molecule has 1 N–H and O–H groups in total. The van der Waals surface area contributed by atoms with Crippen LogP contribution in [0, 0.1) is 0 Å². The molecule has 3 rings (SSSR count). The van der Waals surface area contributed by atoms with Gasteiger partial charge < -0.3 is 10.1 Å². The smallest absolute Gasteiger partial charge is 0.329 e. The Morgan fingerprint density at radius 3 is 3.05 bits per heavy atom. The minimum Gasteiger partial charge on any atom is -0.461 e. The second-order valence-corrected chi connectivity index (χ2v) is 4.90. The molecule has 1 fully saturated rings. The lowest BCUT2D eigenvalue weighted by Gasteiger charge is -2.06. The van der Waals surface area contributed by atoms with E-state index in [0.29, 0.717) is 18.8 Å². The summed E-state index contributed by atoms with van der Waals surface area (Å²) in [5, 5.41) is 7.49. The third-order valence-corrected chi connectivity index (χ3v) is 3.18. The number of nitrogens with zero attached hydrogens (tertiary/aromatic N) is 3. The van der Waals surface area contributed by atoms with Gasteiger partial charge >= 0.3 is 5.97 Å². The van der Waals surface area contributed by atoms with Crippen molar-refractivity contribution < 1.29 is 9.53 Å². The zero-order chi connectivity index (χ0) is 13.9. The van der Waals surface area contributed by atoms with E-state index in [-0.39, 0.29) is 18.1 Å². The van der Waals surface area contributed by atoms with E-state index in [4.69, 9.17) is 4.74 Å². The fourth-order valence-electron chi connectivity index (χ4n) is 2.24. The first-order valence-corrected chi connectivity index (χ1v) is 6.61. The number of ether oxygens (including phenoxy) is 1. The summed E-state index contributed by atoms with van der Waals surface area (Å²) in [5.74, 6) is 0.466. The van der Waals surface area contributed by atoms with Gasteiger partial charge in [0.15, 0.2) is 0 Å². The highest BCUT2D eigenvalue weighted by Gasteiger charge is 2.32. The van der Waals surface area contributed by atoms with Gasteiger partial charge in [-0.3, -0.25) is 9.67 Å². The van der Waals surface area contributed by atoms with Crippen molar-refractivity contribution in [2.75, 3.05) is 5.32 Å². The molecule has 0 unspecified atom stereocenters. The second-order valence-electron chi connectivity index (χ2n) is 4.90. The molecule has 1 saturated heterocycles. The number of anilines is 1. The monoisotopic (exact) mass is 272 g/mol. The Balaban J connectivity index is 1.64. The minimum atomic E-state index is -0.303. The van der Waals surface area contributed by atoms with E-state index < -0.39 is 0 Å². The molecular formula is C14H16N4O2. The number of carbonyl (C=O) groups is 1. The Kier molecular flexibility index (Phi) is 3.37.